The molecule has 1 N–H and O–H groups in total. The highest BCUT2D eigenvalue weighted by atomic mass is 32.2. The molecule has 1 fully saturated rings. The molecule has 0 spiro atoms. The Morgan fingerprint density at radius 3 is 2.84 bits per heavy atom. The van der Waals surface area contributed by atoms with Crippen LogP contribution in [0.2, 0.25) is 0 Å². The van der Waals surface area contributed by atoms with E-state index in [1.165, 1.54) is 0 Å². The third kappa shape index (κ3) is 4.76. The molecule has 1 aromatic heterocycles. The number of anilines is 1. The molecule has 0 unspecified atom stereocenters. The molecule has 0 bridgehead atoms. The first-order chi connectivity index (χ1) is 11.9. The van der Waals surface area contributed by atoms with Gasteiger partial charge in [0.05, 0.1) is 11.5 Å². The Morgan fingerprint density at radius 2 is 2.20 bits per heavy atom. The average Bonchev–Trinajstić information content (AvgIpc) is 2.93. The molecule has 1 saturated heterocycles. The summed E-state index contributed by atoms with van der Waals surface area (Å²) in [6, 6.07) is 11.7. The third-order valence-electron chi connectivity index (χ3n) is 4.26. The number of sulfone groups is 1. The Labute approximate surface area is 154 Å². The lowest BCUT2D eigenvalue weighted by Gasteiger charge is -2.31. The zero-order chi connectivity index (χ0) is 17.9. The van der Waals surface area contributed by atoms with Crippen molar-refractivity contribution in [1.29, 1.82) is 0 Å². The predicted octanol–water partition coefficient (Wildman–Crippen LogP) is 2.78. The maximum atomic E-state index is 11.9. The van der Waals surface area contributed by atoms with Crippen LogP contribution < -0.4 is 5.32 Å². The number of aryl methyl sites for hydroxylation is 1. The molecular formula is C18H21N3O2S2. The summed E-state index contributed by atoms with van der Waals surface area (Å²) < 4.78 is 23.8. The molecule has 2 aromatic rings. The van der Waals surface area contributed by atoms with E-state index in [4.69, 9.17) is 12.2 Å². The van der Waals surface area contributed by atoms with E-state index in [-0.39, 0.29) is 17.5 Å². The quantitative estimate of drug-likeness (QED) is 0.829. The largest absolute Gasteiger partial charge is 0.341 e. The van der Waals surface area contributed by atoms with Gasteiger partial charge in [-0.25, -0.2) is 8.42 Å². The van der Waals surface area contributed by atoms with E-state index in [0.717, 1.165) is 16.8 Å². The number of thiocarbonyl (C=S) groups is 1. The molecule has 132 valence electrons. The van der Waals surface area contributed by atoms with Crippen molar-refractivity contribution in [2.45, 2.75) is 25.9 Å². The number of nitrogens with zero attached hydrogens (tertiary/aromatic N) is 2. The minimum Gasteiger partial charge on any atom is -0.341 e. The fourth-order valence-electron chi connectivity index (χ4n) is 2.99. The topological polar surface area (TPSA) is 62.3 Å². The van der Waals surface area contributed by atoms with Gasteiger partial charge in [-0.1, -0.05) is 18.2 Å². The predicted molar refractivity (Wildman–Crippen MR) is 104 cm³/mol. The molecule has 0 radical (unpaired) electrons. The van der Waals surface area contributed by atoms with Gasteiger partial charge in [-0.2, -0.15) is 0 Å². The monoisotopic (exact) mass is 375 g/mol. The number of benzene rings is 1. The summed E-state index contributed by atoms with van der Waals surface area (Å²) in [7, 11) is -2.99. The standard InChI is InChI=1S/C18H21N3O2S2/c1-14-4-2-6-16(10-14)20-18(24)21(12-15-5-3-8-19-11-15)17-7-9-25(22,23)13-17/h2-6,8,10-11,17H,7,9,12-13H2,1H3,(H,20,24)/t17-/m1/s1. The Bertz CT molecular complexity index is 854. The number of hydrogen-bond donors (Lipinski definition) is 1. The van der Waals surface area contributed by atoms with Gasteiger partial charge in [0.2, 0.25) is 0 Å². The number of nitrogens with one attached hydrogen (secondary N) is 1. The summed E-state index contributed by atoms with van der Waals surface area (Å²) in [5, 5.41) is 3.79. The summed E-state index contributed by atoms with van der Waals surface area (Å²) in [5.74, 6) is 0.358. The van der Waals surface area contributed by atoms with Crippen LogP contribution in [0.15, 0.2) is 48.8 Å². The van der Waals surface area contributed by atoms with Gasteiger partial charge in [0, 0.05) is 30.7 Å². The molecule has 5 nitrogen and oxygen atoms in total. The molecule has 1 atom stereocenters. The Morgan fingerprint density at radius 1 is 1.36 bits per heavy atom. The van der Waals surface area contributed by atoms with Crippen LogP contribution in [0.25, 0.3) is 0 Å². The second-order valence-electron chi connectivity index (χ2n) is 6.35. The van der Waals surface area contributed by atoms with Gasteiger partial charge in [0.25, 0.3) is 0 Å². The van der Waals surface area contributed by atoms with Crippen molar-refractivity contribution in [3.05, 3.63) is 59.9 Å². The van der Waals surface area contributed by atoms with Crippen LogP contribution in [-0.2, 0) is 16.4 Å². The highest BCUT2D eigenvalue weighted by Crippen LogP contribution is 2.21. The number of aromatic nitrogens is 1. The zero-order valence-corrected chi connectivity index (χ0v) is 15.7. The molecule has 2 heterocycles. The van der Waals surface area contributed by atoms with Gasteiger partial charge in [-0.3, -0.25) is 4.98 Å². The average molecular weight is 376 g/mol. The van der Waals surface area contributed by atoms with Crippen LogP contribution in [0.3, 0.4) is 0 Å². The maximum Gasteiger partial charge on any atom is 0.174 e. The fourth-order valence-corrected chi connectivity index (χ4v) is 5.06. The molecular weight excluding hydrogens is 354 g/mol. The SMILES string of the molecule is Cc1cccc(NC(=S)N(Cc2cccnc2)[C@@H]2CCS(=O)(=O)C2)c1. The van der Waals surface area contributed by atoms with Gasteiger partial charge in [-0.05, 0) is 54.9 Å². The second kappa shape index (κ2) is 7.49. The lowest BCUT2D eigenvalue weighted by molar-refractivity contribution is 0.332. The highest BCUT2D eigenvalue weighted by molar-refractivity contribution is 7.91. The fraction of sp³-hybridized carbons (Fsp3) is 0.333. The van der Waals surface area contributed by atoms with Gasteiger partial charge in [0.1, 0.15) is 0 Å². The van der Waals surface area contributed by atoms with Crippen LogP contribution in [0.5, 0.6) is 0 Å². The van der Waals surface area contributed by atoms with Crippen molar-refractivity contribution >= 4 is 32.9 Å². The van der Waals surface area contributed by atoms with E-state index in [1.54, 1.807) is 12.4 Å². The van der Waals surface area contributed by atoms with E-state index in [9.17, 15) is 8.42 Å². The minimum absolute atomic E-state index is 0.116. The van der Waals surface area contributed by atoms with Crippen molar-refractivity contribution in [3.8, 4) is 0 Å². The number of rotatable bonds is 4. The summed E-state index contributed by atoms with van der Waals surface area (Å²) in [6.45, 7) is 2.55. The molecule has 1 aliphatic heterocycles. The third-order valence-corrected chi connectivity index (χ3v) is 6.34. The van der Waals surface area contributed by atoms with E-state index < -0.39 is 9.84 Å². The van der Waals surface area contributed by atoms with E-state index in [0.29, 0.717) is 18.1 Å². The van der Waals surface area contributed by atoms with Crippen LogP contribution in [0.4, 0.5) is 5.69 Å². The normalized spacial score (nSPS) is 18.7. The Kier molecular flexibility index (Phi) is 5.34. The molecule has 1 aromatic carbocycles. The summed E-state index contributed by atoms with van der Waals surface area (Å²) in [4.78, 5) is 6.11. The highest BCUT2D eigenvalue weighted by Gasteiger charge is 2.33. The van der Waals surface area contributed by atoms with Crippen LogP contribution in [0, 0.1) is 6.92 Å². The van der Waals surface area contributed by atoms with Crippen LogP contribution >= 0.6 is 12.2 Å². The molecule has 7 heteroatoms. The molecule has 3 rings (SSSR count). The van der Waals surface area contributed by atoms with Gasteiger partial charge >= 0.3 is 0 Å². The van der Waals surface area contributed by atoms with Crippen molar-refractivity contribution < 1.29 is 8.42 Å². The molecule has 0 aliphatic carbocycles. The summed E-state index contributed by atoms with van der Waals surface area (Å²) in [6.07, 6.45) is 4.10. The van der Waals surface area contributed by atoms with Gasteiger partial charge < -0.3 is 10.2 Å². The van der Waals surface area contributed by atoms with Crippen LogP contribution in [-0.4, -0.2) is 41.0 Å². The molecule has 0 saturated carbocycles. The first-order valence-corrected chi connectivity index (χ1v) is 10.4. The maximum absolute atomic E-state index is 11.9. The van der Waals surface area contributed by atoms with E-state index in [1.807, 2.05) is 48.2 Å². The van der Waals surface area contributed by atoms with Crippen LogP contribution in [0.1, 0.15) is 17.5 Å². The first-order valence-electron chi connectivity index (χ1n) is 8.16. The smallest absolute Gasteiger partial charge is 0.174 e. The van der Waals surface area contributed by atoms with E-state index in [2.05, 4.69) is 10.3 Å². The molecule has 1 aliphatic rings. The zero-order valence-electron chi connectivity index (χ0n) is 14.1. The molecule has 0 amide bonds. The minimum atomic E-state index is -2.99. The summed E-state index contributed by atoms with van der Waals surface area (Å²) in [5.41, 5.74) is 3.04. The van der Waals surface area contributed by atoms with Gasteiger partial charge in [-0.15, -0.1) is 0 Å². The van der Waals surface area contributed by atoms with Gasteiger partial charge in [0.15, 0.2) is 14.9 Å². The molecule has 25 heavy (non-hydrogen) atoms. The lowest BCUT2D eigenvalue weighted by atomic mass is 10.2. The number of hydrogen-bond acceptors (Lipinski definition) is 4. The summed E-state index contributed by atoms with van der Waals surface area (Å²) >= 11 is 5.61. The Hall–Kier alpha value is -1.99. The van der Waals surface area contributed by atoms with E-state index >= 15 is 0 Å². The lowest BCUT2D eigenvalue weighted by Crippen LogP contribution is -2.43. The second-order valence-corrected chi connectivity index (χ2v) is 8.96. The van der Waals surface area contributed by atoms with Crippen molar-refractivity contribution in [2.24, 2.45) is 0 Å². The first kappa shape index (κ1) is 17.8. The van der Waals surface area contributed by atoms with Crippen molar-refractivity contribution in [1.82, 2.24) is 9.88 Å². The van der Waals surface area contributed by atoms with Crippen molar-refractivity contribution in [2.75, 3.05) is 16.8 Å². The number of pyridine rings is 1. The van der Waals surface area contributed by atoms with Crippen molar-refractivity contribution in [3.63, 3.8) is 0 Å². The Balaban J connectivity index is 1.81.